The molecule has 0 radical (unpaired) electrons. The van der Waals surface area contributed by atoms with Crippen LogP contribution in [0.5, 0.6) is 0 Å². The molecule has 0 bridgehead atoms. The van der Waals surface area contributed by atoms with Gasteiger partial charge >= 0.3 is 11.9 Å². The van der Waals surface area contributed by atoms with E-state index in [0.717, 1.165) is 39.7 Å². The lowest BCUT2D eigenvalue weighted by Crippen LogP contribution is -2.26. The van der Waals surface area contributed by atoms with Crippen molar-refractivity contribution in [3.63, 3.8) is 0 Å². The molecule has 0 saturated heterocycles. The van der Waals surface area contributed by atoms with Crippen LogP contribution in [0.4, 0.5) is 0 Å². The molecule has 0 unspecified atom stereocenters. The van der Waals surface area contributed by atoms with Gasteiger partial charge in [0.15, 0.2) is 11.5 Å². The molecule has 0 N–H and O–H groups in total. The number of hydrogen-bond donors (Lipinski definition) is 0. The van der Waals surface area contributed by atoms with Crippen LogP contribution in [0, 0.1) is 55.8 Å². The number of hydrogen-bond acceptors (Lipinski definition) is 10. The number of nitriles is 2. The first-order valence-electron chi connectivity index (χ1n) is 20.2. The Labute approximate surface area is 362 Å². The van der Waals surface area contributed by atoms with Gasteiger partial charge < -0.3 is 18.9 Å². The van der Waals surface area contributed by atoms with E-state index in [9.17, 15) is 20.1 Å². The standard InChI is InChI=1S/C26H35N3O3.C23H27N3O3/c1-10-26(7,8)24(30)32-16-31-23(22-17(2)18(3)28-29(22)9)21(15-27)19-11-13-20(14-12-19)25(4,5)6;1-8-20(27)28-14-29-22(21-15(2)16(3)25-26(21)7)19(13-24)17-9-11-18(12-10-17)23(4,5)6/h11-14H,10,16H2,1-9H3;8-12H,1,14H2,2-7H3/b23-21-;22-19-. The van der Waals surface area contributed by atoms with Crippen molar-refractivity contribution in [1.29, 1.82) is 10.5 Å². The molecule has 61 heavy (non-hydrogen) atoms. The van der Waals surface area contributed by atoms with Gasteiger partial charge in [-0.05, 0) is 81.0 Å². The van der Waals surface area contributed by atoms with Gasteiger partial charge in [0, 0.05) is 31.3 Å². The van der Waals surface area contributed by atoms with Crippen LogP contribution < -0.4 is 0 Å². The summed E-state index contributed by atoms with van der Waals surface area (Å²) >= 11 is 0. The summed E-state index contributed by atoms with van der Waals surface area (Å²) in [6.45, 7) is 28.8. The average molecular weight is 831 g/mol. The lowest BCUT2D eigenvalue weighted by atomic mass is 9.86. The molecular formula is C49H62N6O6. The fourth-order valence-corrected chi connectivity index (χ4v) is 6.13. The van der Waals surface area contributed by atoms with Crippen LogP contribution in [0.25, 0.3) is 22.7 Å². The van der Waals surface area contributed by atoms with Crippen LogP contribution in [-0.4, -0.2) is 45.1 Å². The van der Waals surface area contributed by atoms with E-state index in [2.05, 4.69) is 70.5 Å². The molecule has 12 heteroatoms. The molecule has 0 spiro atoms. The highest BCUT2D eigenvalue weighted by Gasteiger charge is 2.28. The Bertz CT molecular complexity index is 2370. The first kappa shape index (κ1) is 49.0. The molecular weight excluding hydrogens is 769 g/mol. The lowest BCUT2D eigenvalue weighted by molar-refractivity contribution is -0.162. The molecule has 0 amide bonds. The Morgan fingerprint density at radius 3 is 1.30 bits per heavy atom. The summed E-state index contributed by atoms with van der Waals surface area (Å²) < 4.78 is 25.5. The molecule has 2 heterocycles. The van der Waals surface area contributed by atoms with Crippen molar-refractivity contribution in [3.8, 4) is 12.1 Å². The van der Waals surface area contributed by atoms with E-state index in [4.69, 9.17) is 18.9 Å². The minimum atomic E-state index is -0.604. The number of nitrogens with zero attached hydrogens (tertiary/aromatic N) is 6. The molecule has 4 rings (SSSR count). The number of benzene rings is 2. The third-order valence-electron chi connectivity index (χ3n) is 10.6. The second kappa shape index (κ2) is 20.2. The Hall–Kier alpha value is -6.40. The van der Waals surface area contributed by atoms with E-state index in [-0.39, 0.29) is 30.4 Å². The van der Waals surface area contributed by atoms with Gasteiger partial charge in [-0.25, -0.2) is 4.79 Å². The van der Waals surface area contributed by atoms with Crippen LogP contribution in [0.15, 0.2) is 61.2 Å². The molecule has 0 aliphatic heterocycles. The van der Waals surface area contributed by atoms with Gasteiger partial charge in [-0.3, -0.25) is 14.2 Å². The van der Waals surface area contributed by atoms with Crippen molar-refractivity contribution < 1.29 is 28.5 Å². The summed E-state index contributed by atoms with van der Waals surface area (Å²) in [6, 6.07) is 20.2. The lowest BCUT2D eigenvalue weighted by Gasteiger charge is -2.21. The molecule has 0 atom stereocenters. The Kier molecular flexibility index (Phi) is 16.2. The average Bonchev–Trinajstić information content (AvgIpc) is 3.61. The number of ether oxygens (including phenoxy) is 4. The third-order valence-corrected chi connectivity index (χ3v) is 10.6. The quantitative estimate of drug-likeness (QED) is 0.0418. The molecule has 0 aliphatic carbocycles. The van der Waals surface area contributed by atoms with Gasteiger partial charge in [-0.2, -0.15) is 20.7 Å². The summed E-state index contributed by atoms with van der Waals surface area (Å²) in [4.78, 5) is 23.8. The largest absolute Gasteiger partial charge is 0.454 e. The van der Waals surface area contributed by atoms with Crippen molar-refractivity contribution in [2.45, 2.75) is 107 Å². The first-order valence-corrected chi connectivity index (χ1v) is 20.2. The molecule has 324 valence electrons. The summed E-state index contributed by atoms with van der Waals surface area (Å²) in [5.41, 5.74) is 8.68. The molecule has 0 fully saturated rings. The van der Waals surface area contributed by atoms with Gasteiger partial charge in [0.1, 0.15) is 34.7 Å². The Morgan fingerprint density at radius 2 is 1.02 bits per heavy atom. The third kappa shape index (κ3) is 12.1. The normalized spacial score (nSPS) is 12.4. The van der Waals surface area contributed by atoms with E-state index in [0.29, 0.717) is 46.0 Å². The van der Waals surface area contributed by atoms with Gasteiger partial charge in [-0.1, -0.05) is 104 Å². The van der Waals surface area contributed by atoms with Crippen molar-refractivity contribution >= 4 is 34.6 Å². The molecule has 2 aromatic heterocycles. The van der Waals surface area contributed by atoms with Gasteiger partial charge in [-0.15, -0.1) is 0 Å². The highest BCUT2D eigenvalue weighted by molar-refractivity contribution is 5.95. The second-order valence-corrected chi connectivity index (χ2v) is 17.5. The maximum atomic E-state index is 12.4. The van der Waals surface area contributed by atoms with Gasteiger partial charge in [0.25, 0.3) is 0 Å². The molecule has 12 nitrogen and oxygen atoms in total. The van der Waals surface area contributed by atoms with E-state index in [1.54, 1.807) is 16.4 Å². The molecule has 2 aromatic carbocycles. The first-order chi connectivity index (χ1) is 28.4. The number of aromatic nitrogens is 4. The van der Waals surface area contributed by atoms with Crippen molar-refractivity contribution in [1.82, 2.24) is 19.6 Å². The van der Waals surface area contributed by atoms with E-state index < -0.39 is 11.4 Å². The number of rotatable bonds is 13. The molecule has 4 aromatic rings. The Morgan fingerprint density at radius 1 is 0.656 bits per heavy atom. The fraction of sp³-hybridized carbons (Fsp3) is 0.429. The minimum absolute atomic E-state index is 0.00298. The monoisotopic (exact) mass is 830 g/mol. The topological polar surface area (TPSA) is 154 Å². The summed E-state index contributed by atoms with van der Waals surface area (Å²) in [7, 11) is 3.59. The van der Waals surface area contributed by atoms with Crippen molar-refractivity contribution in [2.75, 3.05) is 13.6 Å². The van der Waals surface area contributed by atoms with E-state index in [1.807, 2.05) is 104 Å². The Balaban J connectivity index is 0.000000327. The maximum Gasteiger partial charge on any atom is 0.333 e. The van der Waals surface area contributed by atoms with E-state index in [1.165, 1.54) is 5.56 Å². The number of carbonyl (C=O) groups excluding carboxylic acids is 2. The number of carbonyl (C=O) groups is 2. The highest BCUT2D eigenvalue weighted by atomic mass is 16.7. The van der Waals surface area contributed by atoms with Crippen molar-refractivity contribution in [2.24, 2.45) is 19.5 Å². The maximum absolute atomic E-state index is 12.4. The summed E-state index contributed by atoms with van der Waals surface area (Å²) in [5.74, 6) is -0.284. The number of aryl methyl sites for hydroxylation is 4. The zero-order chi connectivity index (χ0) is 46.0. The SMILES string of the molecule is C=CC(=O)OCO/C(=C(/C#N)c1ccc(C(C)(C)C)cc1)c1c(C)c(C)nn1C.CCC(C)(C)C(=O)OCO/C(=C(/C#N)c1ccc(C(C)(C)C)cc1)c1c(C)c(C)nn1C. The van der Waals surface area contributed by atoms with Crippen LogP contribution in [-0.2, 0) is 53.5 Å². The zero-order valence-corrected chi connectivity index (χ0v) is 38.7. The van der Waals surface area contributed by atoms with Crippen LogP contribution >= 0.6 is 0 Å². The summed E-state index contributed by atoms with van der Waals surface area (Å²) in [5, 5.41) is 28.9. The highest BCUT2D eigenvalue weighted by Crippen LogP contribution is 2.34. The van der Waals surface area contributed by atoms with Crippen LogP contribution in [0.3, 0.4) is 0 Å². The summed E-state index contributed by atoms with van der Waals surface area (Å²) in [6.07, 6.45) is 1.71. The molecule has 0 saturated carbocycles. The number of allylic oxidation sites excluding steroid dienone is 2. The van der Waals surface area contributed by atoms with E-state index >= 15 is 0 Å². The number of esters is 2. The van der Waals surface area contributed by atoms with Gasteiger partial charge in [0.2, 0.25) is 13.6 Å². The predicted molar refractivity (Wildman–Crippen MR) is 239 cm³/mol. The minimum Gasteiger partial charge on any atom is -0.454 e. The zero-order valence-electron chi connectivity index (χ0n) is 38.7. The van der Waals surface area contributed by atoms with Crippen LogP contribution in [0.1, 0.15) is 125 Å². The second-order valence-electron chi connectivity index (χ2n) is 17.5. The van der Waals surface area contributed by atoms with Gasteiger partial charge in [0.05, 0.1) is 16.8 Å². The van der Waals surface area contributed by atoms with Crippen LogP contribution in [0.2, 0.25) is 0 Å². The molecule has 0 aliphatic rings. The van der Waals surface area contributed by atoms with Crippen molar-refractivity contribution in [3.05, 3.63) is 117 Å². The predicted octanol–water partition coefficient (Wildman–Crippen LogP) is 10.1. The fourth-order valence-electron chi connectivity index (χ4n) is 6.13. The smallest absolute Gasteiger partial charge is 0.333 e.